The van der Waals surface area contributed by atoms with E-state index in [2.05, 4.69) is 58.1 Å². The molecule has 0 saturated heterocycles. The molecule has 2 aromatic rings. The Balaban J connectivity index is 1.51. The van der Waals surface area contributed by atoms with Gasteiger partial charge in [-0.15, -0.1) is 0 Å². The summed E-state index contributed by atoms with van der Waals surface area (Å²) in [5.74, 6) is 0.707. The summed E-state index contributed by atoms with van der Waals surface area (Å²) >= 11 is 0. The van der Waals surface area contributed by atoms with Gasteiger partial charge < -0.3 is 9.47 Å². The van der Waals surface area contributed by atoms with Crippen LogP contribution in [0.1, 0.15) is 56.2 Å². The van der Waals surface area contributed by atoms with Gasteiger partial charge in [0.15, 0.2) is 0 Å². The lowest BCUT2D eigenvalue weighted by Gasteiger charge is -2.35. The highest BCUT2D eigenvalue weighted by atomic mass is 16.2. The van der Waals surface area contributed by atoms with E-state index in [0.717, 1.165) is 25.9 Å². The lowest BCUT2D eigenvalue weighted by atomic mass is 9.93. The maximum absolute atomic E-state index is 12.9. The highest BCUT2D eigenvalue weighted by molar-refractivity contribution is 5.81. The molecule has 2 aliphatic rings. The molecular weight excluding hydrogens is 308 g/mol. The maximum Gasteiger partial charge on any atom is 0.226 e. The Bertz CT molecular complexity index is 696. The summed E-state index contributed by atoms with van der Waals surface area (Å²) in [5, 5.41) is 0. The number of carbonyl (C=O) groups is 1. The molecule has 0 unspecified atom stereocenters. The summed E-state index contributed by atoms with van der Waals surface area (Å²) in [7, 11) is 0. The standard InChI is InChI=1S/C22H28N2O/c25-22(19-13-14-19)24(20-10-5-2-6-11-20)17-21-12-7-15-23(21)16-18-8-3-1-4-9-18/h1,3-4,7-9,12,15,19-20H,2,5-6,10-11,13-14,16-17H2. The van der Waals surface area contributed by atoms with Crippen LogP contribution in [-0.4, -0.2) is 21.4 Å². The van der Waals surface area contributed by atoms with Gasteiger partial charge in [-0.05, 0) is 43.4 Å². The van der Waals surface area contributed by atoms with Crippen LogP contribution in [0, 0.1) is 5.92 Å². The van der Waals surface area contributed by atoms with Crippen LogP contribution < -0.4 is 0 Å². The Morgan fingerprint density at radius 2 is 1.72 bits per heavy atom. The minimum atomic E-state index is 0.305. The minimum Gasteiger partial charge on any atom is -0.345 e. The first-order chi connectivity index (χ1) is 12.3. The van der Waals surface area contributed by atoms with Gasteiger partial charge in [0.2, 0.25) is 5.91 Å². The van der Waals surface area contributed by atoms with Crippen molar-refractivity contribution in [2.45, 2.75) is 64.1 Å². The highest BCUT2D eigenvalue weighted by Gasteiger charge is 2.36. The lowest BCUT2D eigenvalue weighted by Crippen LogP contribution is -2.42. The number of carbonyl (C=O) groups excluding carboxylic acids is 1. The summed E-state index contributed by atoms with van der Waals surface area (Å²) in [5.41, 5.74) is 2.56. The Morgan fingerprint density at radius 3 is 2.44 bits per heavy atom. The van der Waals surface area contributed by atoms with E-state index in [1.54, 1.807) is 0 Å². The molecule has 1 amide bonds. The molecule has 0 N–H and O–H groups in total. The van der Waals surface area contributed by atoms with Crippen molar-refractivity contribution >= 4 is 5.91 Å². The molecule has 2 aliphatic carbocycles. The molecule has 1 aromatic heterocycles. The van der Waals surface area contributed by atoms with Crippen molar-refractivity contribution in [3.63, 3.8) is 0 Å². The quantitative estimate of drug-likeness (QED) is 0.756. The first kappa shape index (κ1) is 16.4. The topological polar surface area (TPSA) is 25.2 Å². The largest absolute Gasteiger partial charge is 0.345 e. The van der Waals surface area contributed by atoms with Gasteiger partial charge in [-0.3, -0.25) is 4.79 Å². The molecule has 132 valence electrons. The van der Waals surface area contributed by atoms with E-state index in [0.29, 0.717) is 17.9 Å². The van der Waals surface area contributed by atoms with E-state index in [9.17, 15) is 4.79 Å². The molecule has 3 heteroatoms. The Hall–Kier alpha value is -2.03. The minimum absolute atomic E-state index is 0.305. The van der Waals surface area contributed by atoms with Gasteiger partial charge in [-0.25, -0.2) is 0 Å². The van der Waals surface area contributed by atoms with Gasteiger partial charge in [-0.2, -0.15) is 0 Å². The van der Waals surface area contributed by atoms with Crippen LogP contribution in [0.4, 0.5) is 0 Å². The second-order valence-electron chi connectivity index (χ2n) is 7.65. The second-order valence-corrected chi connectivity index (χ2v) is 7.65. The SMILES string of the molecule is O=C(C1CC1)N(Cc1cccn1Cc1ccccc1)C1CCCCC1. The van der Waals surface area contributed by atoms with Crippen LogP contribution in [0.2, 0.25) is 0 Å². The molecule has 1 heterocycles. The van der Waals surface area contributed by atoms with E-state index in [1.165, 1.54) is 43.4 Å². The van der Waals surface area contributed by atoms with Gasteiger partial charge in [0.05, 0.1) is 6.54 Å². The molecule has 0 radical (unpaired) electrons. The molecule has 3 nitrogen and oxygen atoms in total. The van der Waals surface area contributed by atoms with E-state index in [4.69, 9.17) is 0 Å². The number of hydrogen-bond donors (Lipinski definition) is 0. The van der Waals surface area contributed by atoms with Crippen LogP contribution in [0.3, 0.4) is 0 Å². The number of nitrogens with zero attached hydrogens (tertiary/aromatic N) is 2. The van der Waals surface area contributed by atoms with Crippen LogP contribution >= 0.6 is 0 Å². The molecule has 0 atom stereocenters. The fraction of sp³-hybridized carbons (Fsp3) is 0.500. The molecule has 0 spiro atoms. The zero-order chi connectivity index (χ0) is 17.1. The first-order valence-corrected chi connectivity index (χ1v) is 9.79. The van der Waals surface area contributed by atoms with Crippen molar-refractivity contribution in [1.29, 1.82) is 0 Å². The fourth-order valence-electron chi connectivity index (χ4n) is 4.05. The summed E-state index contributed by atoms with van der Waals surface area (Å²) in [6.07, 6.45) is 10.5. The summed E-state index contributed by atoms with van der Waals surface area (Å²) in [6, 6.07) is 15.3. The summed E-state index contributed by atoms with van der Waals surface area (Å²) in [6.45, 7) is 1.64. The van der Waals surface area contributed by atoms with Gasteiger partial charge >= 0.3 is 0 Å². The third-order valence-corrected chi connectivity index (χ3v) is 5.68. The van der Waals surface area contributed by atoms with Crippen molar-refractivity contribution in [3.05, 3.63) is 59.9 Å². The predicted octanol–water partition coefficient (Wildman–Crippen LogP) is 4.61. The normalized spacial score (nSPS) is 18.2. The number of aromatic nitrogens is 1. The van der Waals surface area contributed by atoms with Crippen LogP contribution in [-0.2, 0) is 17.9 Å². The Morgan fingerprint density at radius 1 is 0.960 bits per heavy atom. The smallest absolute Gasteiger partial charge is 0.226 e. The van der Waals surface area contributed by atoms with Crippen LogP contribution in [0.5, 0.6) is 0 Å². The van der Waals surface area contributed by atoms with Crippen LogP contribution in [0.25, 0.3) is 0 Å². The zero-order valence-corrected chi connectivity index (χ0v) is 14.9. The van der Waals surface area contributed by atoms with Crippen molar-refractivity contribution in [3.8, 4) is 0 Å². The zero-order valence-electron chi connectivity index (χ0n) is 14.9. The van der Waals surface area contributed by atoms with Gasteiger partial charge in [0.1, 0.15) is 0 Å². The third-order valence-electron chi connectivity index (χ3n) is 5.68. The number of hydrogen-bond acceptors (Lipinski definition) is 1. The molecule has 1 aromatic carbocycles. The molecule has 0 aliphatic heterocycles. The van der Waals surface area contributed by atoms with Crippen molar-refractivity contribution in [2.75, 3.05) is 0 Å². The van der Waals surface area contributed by atoms with Crippen molar-refractivity contribution in [2.24, 2.45) is 5.92 Å². The van der Waals surface area contributed by atoms with E-state index in [1.807, 2.05) is 0 Å². The highest BCUT2D eigenvalue weighted by Crippen LogP contribution is 2.34. The fourth-order valence-corrected chi connectivity index (χ4v) is 4.05. The van der Waals surface area contributed by atoms with Crippen molar-refractivity contribution in [1.82, 2.24) is 9.47 Å². The number of benzene rings is 1. The average molecular weight is 336 g/mol. The third kappa shape index (κ3) is 3.97. The molecule has 25 heavy (non-hydrogen) atoms. The molecule has 2 fully saturated rings. The van der Waals surface area contributed by atoms with Gasteiger partial charge in [-0.1, -0.05) is 49.6 Å². The van der Waals surface area contributed by atoms with E-state index in [-0.39, 0.29) is 0 Å². The maximum atomic E-state index is 12.9. The first-order valence-electron chi connectivity index (χ1n) is 9.79. The number of rotatable bonds is 6. The van der Waals surface area contributed by atoms with Crippen molar-refractivity contribution < 1.29 is 4.79 Å². The second kappa shape index (κ2) is 7.47. The molecule has 0 bridgehead atoms. The predicted molar refractivity (Wildman–Crippen MR) is 100 cm³/mol. The van der Waals surface area contributed by atoms with Crippen LogP contribution in [0.15, 0.2) is 48.7 Å². The van der Waals surface area contributed by atoms with Gasteiger partial charge in [0, 0.05) is 30.4 Å². The average Bonchev–Trinajstić information content (AvgIpc) is 3.42. The van der Waals surface area contributed by atoms with E-state index < -0.39 is 0 Å². The van der Waals surface area contributed by atoms with Gasteiger partial charge in [0.25, 0.3) is 0 Å². The molecule has 4 rings (SSSR count). The Kier molecular flexibility index (Phi) is 4.91. The van der Waals surface area contributed by atoms with E-state index >= 15 is 0 Å². The Labute approximate surface area is 150 Å². The summed E-state index contributed by atoms with van der Waals surface area (Å²) < 4.78 is 2.30. The summed E-state index contributed by atoms with van der Waals surface area (Å²) in [4.78, 5) is 15.1. The monoisotopic (exact) mass is 336 g/mol. The molecule has 2 saturated carbocycles. The number of amides is 1. The lowest BCUT2D eigenvalue weighted by molar-refractivity contribution is -0.136. The molecular formula is C22H28N2O.